The standard InChI is InChI=1S/C11H16N2O4S/c1-7-5-8(2)10(18(12,15)16)6-9(7)11(14)13(3)17-4/h5-6H,1-4H3,(H2,12,15,16). The van der Waals surface area contributed by atoms with E-state index in [2.05, 4.69) is 0 Å². The van der Waals surface area contributed by atoms with Crippen LogP contribution in [0.15, 0.2) is 17.0 Å². The van der Waals surface area contributed by atoms with Crippen LogP contribution < -0.4 is 5.14 Å². The van der Waals surface area contributed by atoms with Gasteiger partial charge in [-0.1, -0.05) is 6.07 Å². The number of hydrogen-bond donors (Lipinski definition) is 1. The average Bonchev–Trinajstić information content (AvgIpc) is 2.25. The van der Waals surface area contributed by atoms with E-state index in [4.69, 9.17) is 9.98 Å². The molecular formula is C11H16N2O4S. The van der Waals surface area contributed by atoms with Gasteiger partial charge < -0.3 is 0 Å². The quantitative estimate of drug-likeness (QED) is 0.815. The van der Waals surface area contributed by atoms with E-state index in [1.54, 1.807) is 19.9 Å². The monoisotopic (exact) mass is 272 g/mol. The predicted octanol–water partition coefficient (Wildman–Crippen LogP) is 0.584. The van der Waals surface area contributed by atoms with Crippen molar-refractivity contribution in [2.24, 2.45) is 5.14 Å². The Bertz CT molecular complexity index is 581. The molecule has 0 atom stereocenters. The lowest BCUT2D eigenvalue weighted by Crippen LogP contribution is -2.26. The molecule has 1 aromatic rings. The summed E-state index contributed by atoms with van der Waals surface area (Å²) in [6.07, 6.45) is 0. The fraction of sp³-hybridized carbons (Fsp3) is 0.364. The third kappa shape index (κ3) is 2.87. The van der Waals surface area contributed by atoms with Crippen LogP contribution in [0, 0.1) is 13.8 Å². The van der Waals surface area contributed by atoms with Gasteiger partial charge >= 0.3 is 0 Å². The van der Waals surface area contributed by atoms with E-state index in [1.165, 1.54) is 20.2 Å². The van der Waals surface area contributed by atoms with Crippen LogP contribution in [0.4, 0.5) is 0 Å². The van der Waals surface area contributed by atoms with E-state index in [1.807, 2.05) is 0 Å². The van der Waals surface area contributed by atoms with Crippen molar-refractivity contribution in [2.75, 3.05) is 14.2 Å². The van der Waals surface area contributed by atoms with Crippen LogP contribution in [-0.4, -0.2) is 33.5 Å². The normalized spacial score (nSPS) is 11.4. The van der Waals surface area contributed by atoms with Gasteiger partial charge in [0.05, 0.1) is 12.0 Å². The lowest BCUT2D eigenvalue weighted by Gasteiger charge is -2.16. The predicted molar refractivity (Wildman–Crippen MR) is 66.4 cm³/mol. The topological polar surface area (TPSA) is 89.7 Å². The van der Waals surface area contributed by atoms with E-state index in [0.717, 1.165) is 5.06 Å². The lowest BCUT2D eigenvalue weighted by atomic mass is 10.1. The number of sulfonamides is 1. The third-order valence-corrected chi connectivity index (χ3v) is 3.67. The zero-order valence-electron chi connectivity index (χ0n) is 10.7. The van der Waals surface area contributed by atoms with Gasteiger partial charge in [0.25, 0.3) is 5.91 Å². The maximum atomic E-state index is 12.0. The number of nitrogens with two attached hydrogens (primary N) is 1. The first kappa shape index (κ1) is 14.6. The van der Waals surface area contributed by atoms with E-state index in [9.17, 15) is 13.2 Å². The number of carbonyl (C=O) groups is 1. The summed E-state index contributed by atoms with van der Waals surface area (Å²) in [5.41, 5.74) is 1.41. The van der Waals surface area contributed by atoms with Crippen molar-refractivity contribution in [3.8, 4) is 0 Å². The summed E-state index contributed by atoms with van der Waals surface area (Å²) in [7, 11) is -1.06. The molecule has 0 radical (unpaired) electrons. The Balaban J connectivity index is 3.44. The molecule has 1 aromatic carbocycles. The Morgan fingerprint density at radius 1 is 1.28 bits per heavy atom. The number of carbonyl (C=O) groups excluding carboxylic acids is 1. The summed E-state index contributed by atoms with van der Waals surface area (Å²) < 4.78 is 22.8. The smallest absolute Gasteiger partial charge is 0.274 e. The highest BCUT2D eigenvalue weighted by atomic mass is 32.2. The van der Waals surface area contributed by atoms with Crippen LogP contribution in [0.1, 0.15) is 21.5 Å². The molecule has 0 heterocycles. The number of rotatable bonds is 3. The Hall–Kier alpha value is -1.44. The molecule has 0 aliphatic rings. The maximum absolute atomic E-state index is 12.0. The summed E-state index contributed by atoms with van der Waals surface area (Å²) in [5, 5.41) is 6.12. The largest absolute Gasteiger partial charge is 0.277 e. The molecule has 18 heavy (non-hydrogen) atoms. The Morgan fingerprint density at radius 2 is 1.83 bits per heavy atom. The van der Waals surface area contributed by atoms with Gasteiger partial charge in [-0.2, -0.15) is 0 Å². The summed E-state index contributed by atoms with van der Waals surface area (Å²) >= 11 is 0. The van der Waals surface area contributed by atoms with Gasteiger partial charge in [-0.3, -0.25) is 9.63 Å². The van der Waals surface area contributed by atoms with Crippen LogP contribution in [0.2, 0.25) is 0 Å². The molecule has 0 fully saturated rings. The molecule has 0 spiro atoms. The SMILES string of the molecule is CON(C)C(=O)c1cc(S(N)(=O)=O)c(C)cc1C. The summed E-state index contributed by atoms with van der Waals surface area (Å²) in [6.45, 7) is 3.34. The van der Waals surface area contributed by atoms with Crippen LogP contribution >= 0.6 is 0 Å². The fourth-order valence-electron chi connectivity index (χ4n) is 1.62. The van der Waals surface area contributed by atoms with Gasteiger partial charge in [0.15, 0.2) is 0 Å². The number of nitrogens with zero attached hydrogens (tertiary/aromatic N) is 1. The molecule has 0 aromatic heterocycles. The Morgan fingerprint density at radius 3 is 2.28 bits per heavy atom. The average molecular weight is 272 g/mol. The van der Waals surface area contributed by atoms with Gasteiger partial charge in [-0.25, -0.2) is 18.6 Å². The van der Waals surface area contributed by atoms with Crippen molar-refractivity contribution < 1.29 is 18.0 Å². The van der Waals surface area contributed by atoms with Crippen LogP contribution in [0.25, 0.3) is 0 Å². The second kappa shape index (κ2) is 5.05. The van der Waals surface area contributed by atoms with Gasteiger partial charge in [0.1, 0.15) is 0 Å². The number of aryl methyl sites for hydroxylation is 2. The highest BCUT2D eigenvalue weighted by Crippen LogP contribution is 2.20. The molecule has 6 nitrogen and oxygen atoms in total. The second-order valence-corrected chi connectivity index (χ2v) is 5.49. The molecular weight excluding hydrogens is 256 g/mol. The number of primary sulfonamides is 1. The van der Waals surface area contributed by atoms with Crippen molar-refractivity contribution in [2.45, 2.75) is 18.7 Å². The van der Waals surface area contributed by atoms with Crippen molar-refractivity contribution in [3.63, 3.8) is 0 Å². The fourth-order valence-corrected chi connectivity index (χ4v) is 2.41. The molecule has 1 rings (SSSR count). The van der Waals surface area contributed by atoms with Crippen molar-refractivity contribution in [1.82, 2.24) is 5.06 Å². The first-order chi connectivity index (χ1) is 8.18. The van der Waals surface area contributed by atoms with Crippen LogP contribution in [0.5, 0.6) is 0 Å². The summed E-state index contributed by atoms with van der Waals surface area (Å²) in [4.78, 5) is 16.7. The van der Waals surface area contributed by atoms with Crippen molar-refractivity contribution in [3.05, 3.63) is 28.8 Å². The first-order valence-electron chi connectivity index (χ1n) is 5.14. The summed E-state index contributed by atoms with van der Waals surface area (Å²) in [5.74, 6) is -0.431. The lowest BCUT2D eigenvalue weighted by molar-refractivity contribution is -0.0757. The third-order valence-electron chi connectivity index (χ3n) is 2.62. The minimum Gasteiger partial charge on any atom is -0.274 e. The molecule has 0 unspecified atom stereocenters. The molecule has 0 saturated heterocycles. The molecule has 0 bridgehead atoms. The zero-order chi connectivity index (χ0) is 14.1. The first-order valence-corrected chi connectivity index (χ1v) is 6.69. The van der Waals surface area contributed by atoms with Crippen LogP contribution in [0.3, 0.4) is 0 Å². The van der Waals surface area contributed by atoms with E-state index in [0.29, 0.717) is 11.1 Å². The number of benzene rings is 1. The Kier molecular flexibility index (Phi) is 4.10. The zero-order valence-corrected chi connectivity index (χ0v) is 11.5. The van der Waals surface area contributed by atoms with Crippen molar-refractivity contribution in [1.29, 1.82) is 0 Å². The number of hydrogen-bond acceptors (Lipinski definition) is 4. The molecule has 1 amide bonds. The Labute approximate surface area is 106 Å². The second-order valence-electron chi connectivity index (χ2n) is 3.96. The van der Waals surface area contributed by atoms with Gasteiger partial charge in [-0.05, 0) is 31.0 Å². The molecule has 100 valence electrons. The molecule has 0 aliphatic carbocycles. The summed E-state index contributed by atoms with van der Waals surface area (Å²) in [6, 6.07) is 2.88. The highest BCUT2D eigenvalue weighted by molar-refractivity contribution is 7.89. The minimum atomic E-state index is -3.85. The van der Waals surface area contributed by atoms with E-state index < -0.39 is 15.9 Å². The maximum Gasteiger partial charge on any atom is 0.277 e. The molecule has 7 heteroatoms. The van der Waals surface area contributed by atoms with Crippen molar-refractivity contribution >= 4 is 15.9 Å². The van der Waals surface area contributed by atoms with Gasteiger partial charge in [-0.15, -0.1) is 0 Å². The van der Waals surface area contributed by atoms with Gasteiger partial charge in [0, 0.05) is 12.6 Å². The minimum absolute atomic E-state index is 0.0547. The molecule has 2 N–H and O–H groups in total. The highest BCUT2D eigenvalue weighted by Gasteiger charge is 2.19. The van der Waals surface area contributed by atoms with E-state index in [-0.39, 0.29) is 10.5 Å². The van der Waals surface area contributed by atoms with Gasteiger partial charge in [0.2, 0.25) is 10.0 Å². The number of hydroxylamine groups is 2. The molecule has 0 saturated carbocycles. The van der Waals surface area contributed by atoms with E-state index >= 15 is 0 Å². The van der Waals surface area contributed by atoms with Crippen LogP contribution in [-0.2, 0) is 14.9 Å². The number of amides is 1. The molecule has 0 aliphatic heterocycles.